The molecule has 0 amide bonds. The van der Waals surface area contributed by atoms with E-state index in [-0.39, 0.29) is 6.61 Å². The van der Waals surface area contributed by atoms with Crippen LogP contribution in [-0.4, -0.2) is 33.5 Å². The first kappa shape index (κ1) is 14.5. The Hall–Kier alpha value is -1.57. The summed E-state index contributed by atoms with van der Waals surface area (Å²) in [6, 6.07) is 0. The standard InChI is InChI=1S/C10H16F2N4O2/c1-4-18-8(17)10(11,12)6-16-5-7(14-15-16)9(2,3)13/h5H,4,6,13H2,1-3H3. The predicted molar refractivity (Wildman–Crippen MR) is 58.8 cm³/mol. The normalized spacial score (nSPS) is 12.6. The quantitative estimate of drug-likeness (QED) is 0.788. The van der Waals surface area contributed by atoms with Crippen LogP contribution in [-0.2, 0) is 21.6 Å². The maximum absolute atomic E-state index is 13.4. The number of aromatic nitrogens is 3. The van der Waals surface area contributed by atoms with Crippen LogP contribution < -0.4 is 5.73 Å². The number of esters is 1. The van der Waals surface area contributed by atoms with Crippen molar-refractivity contribution in [2.24, 2.45) is 5.73 Å². The maximum atomic E-state index is 13.4. The first-order chi connectivity index (χ1) is 8.16. The van der Waals surface area contributed by atoms with Gasteiger partial charge in [0.2, 0.25) is 0 Å². The second-order valence-electron chi connectivity index (χ2n) is 4.45. The van der Waals surface area contributed by atoms with Crippen molar-refractivity contribution in [2.75, 3.05) is 6.61 Å². The van der Waals surface area contributed by atoms with Gasteiger partial charge in [-0.15, -0.1) is 5.10 Å². The molecule has 6 nitrogen and oxygen atoms in total. The lowest BCUT2D eigenvalue weighted by molar-refractivity contribution is -0.173. The van der Waals surface area contributed by atoms with E-state index in [9.17, 15) is 13.6 Å². The first-order valence-corrected chi connectivity index (χ1v) is 5.41. The van der Waals surface area contributed by atoms with Gasteiger partial charge in [0.05, 0.1) is 18.3 Å². The summed E-state index contributed by atoms with van der Waals surface area (Å²) in [5, 5.41) is 7.19. The largest absolute Gasteiger partial charge is 0.462 e. The molecule has 0 fully saturated rings. The van der Waals surface area contributed by atoms with Crippen LogP contribution in [0, 0.1) is 0 Å². The monoisotopic (exact) mass is 262 g/mol. The van der Waals surface area contributed by atoms with E-state index in [1.165, 1.54) is 13.1 Å². The van der Waals surface area contributed by atoms with Gasteiger partial charge in [0.1, 0.15) is 12.2 Å². The third-order valence-electron chi connectivity index (χ3n) is 2.13. The maximum Gasteiger partial charge on any atom is 0.379 e. The van der Waals surface area contributed by atoms with Crippen LogP contribution in [0.15, 0.2) is 6.20 Å². The van der Waals surface area contributed by atoms with Gasteiger partial charge in [-0.2, -0.15) is 8.78 Å². The number of hydrogen-bond acceptors (Lipinski definition) is 5. The van der Waals surface area contributed by atoms with Gasteiger partial charge in [0, 0.05) is 0 Å². The van der Waals surface area contributed by atoms with Crippen LogP contribution in [0.2, 0.25) is 0 Å². The molecule has 1 aromatic heterocycles. The van der Waals surface area contributed by atoms with Crippen molar-refractivity contribution in [3.05, 3.63) is 11.9 Å². The lowest BCUT2D eigenvalue weighted by Gasteiger charge is -2.15. The molecule has 0 saturated heterocycles. The third kappa shape index (κ3) is 3.46. The number of hydrogen-bond donors (Lipinski definition) is 1. The second kappa shape index (κ2) is 4.97. The van der Waals surface area contributed by atoms with Crippen LogP contribution >= 0.6 is 0 Å². The Morgan fingerprint density at radius 1 is 1.56 bits per heavy atom. The minimum Gasteiger partial charge on any atom is -0.462 e. The molecule has 1 aromatic rings. The highest BCUT2D eigenvalue weighted by Gasteiger charge is 2.41. The molecule has 0 atom stereocenters. The molecule has 18 heavy (non-hydrogen) atoms. The Morgan fingerprint density at radius 3 is 2.61 bits per heavy atom. The van der Waals surface area contributed by atoms with E-state index >= 15 is 0 Å². The van der Waals surface area contributed by atoms with E-state index in [1.54, 1.807) is 13.8 Å². The number of halogens is 2. The fraction of sp³-hybridized carbons (Fsp3) is 0.700. The van der Waals surface area contributed by atoms with Gasteiger partial charge in [-0.1, -0.05) is 5.21 Å². The topological polar surface area (TPSA) is 83.0 Å². The molecular formula is C10H16F2N4O2. The lowest BCUT2D eigenvalue weighted by atomic mass is 10.0. The van der Waals surface area contributed by atoms with Gasteiger partial charge >= 0.3 is 11.9 Å². The average molecular weight is 262 g/mol. The van der Waals surface area contributed by atoms with Gasteiger partial charge in [-0.3, -0.25) is 0 Å². The Labute approximate surface area is 103 Å². The summed E-state index contributed by atoms with van der Waals surface area (Å²) in [4.78, 5) is 11.0. The van der Waals surface area contributed by atoms with Crippen molar-refractivity contribution < 1.29 is 18.3 Å². The van der Waals surface area contributed by atoms with Gasteiger partial charge in [0.25, 0.3) is 0 Å². The highest BCUT2D eigenvalue weighted by molar-refractivity contribution is 5.77. The van der Waals surface area contributed by atoms with E-state index in [1.807, 2.05) is 0 Å². The summed E-state index contributed by atoms with van der Waals surface area (Å²) >= 11 is 0. The molecule has 0 bridgehead atoms. The fourth-order valence-electron chi connectivity index (χ4n) is 1.18. The van der Waals surface area contributed by atoms with E-state index in [0.717, 1.165) is 4.68 Å². The summed E-state index contributed by atoms with van der Waals surface area (Å²) in [6.07, 6.45) is 1.28. The summed E-state index contributed by atoms with van der Waals surface area (Å²) in [5.41, 5.74) is 5.33. The smallest absolute Gasteiger partial charge is 0.379 e. The average Bonchev–Trinajstić information content (AvgIpc) is 2.65. The molecular weight excluding hydrogens is 246 g/mol. The van der Waals surface area contributed by atoms with E-state index in [0.29, 0.717) is 5.69 Å². The van der Waals surface area contributed by atoms with Crippen molar-refractivity contribution in [3.8, 4) is 0 Å². The molecule has 102 valence electrons. The molecule has 0 aliphatic rings. The Kier molecular flexibility index (Phi) is 4.00. The summed E-state index contributed by atoms with van der Waals surface area (Å²) in [7, 11) is 0. The van der Waals surface area contributed by atoms with Crippen LogP contribution in [0.4, 0.5) is 8.78 Å². The van der Waals surface area contributed by atoms with E-state index in [4.69, 9.17) is 5.73 Å². The van der Waals surface area contributed by atoms with Gasteiger partial charge in [0.15, 0.2) is 0 Å². The molecule has 0 aliphatic heterocycles. The first-order valence-electron chi connectivity index (χ1n) is 5.41. The van der Waals surface area contributed by atoms with Crippen LogP contribution in [0.1, 0.15) is 26.5 Å². The Morgan fingerprint density at radius 2 is 2.17 bits per heavy atom. The second-order valence-corrected chi connectivity index (χ2v) is 4.45. The zero-order valence-corrected chi connectivity index (χ0v) is 10.5. The summed E-state index contributed by atoms with van der Waals surface area (Å²) in [6.45, 7) is 3.77. The fourth-order valence-corrected chi connectivity index (χ4v) is 1.18. The number of carbonyl (C=O) groups excluding carboxylic acids is 1. The minimum atomic E-state index is -3.64. The zero-order chi connectivity index (χ0) is 14.0. The Bertz CT molecular complexity index is 426. The zero-order valence-electron chi connectivity index (χ0n) is 10.5. The van der Waals surface area contributed by atoms with Crippen LogP contribution in [0.5, 0.6) is 0 Å². The highest BCUT2D eigenvalue weighted by atomic mass is 19.3. The number of alkyl halides is 2. The molecule has 0 aliphatic carbocycles. The summed E-state index contributed by atoms with van der Waals surface area (Å²) < 4.78 is 32.0. The number of nitrogens with zero attached hydrogens (tertiary/aromatic N) is 3. The number of nitrogens with two attached hydrogens (primary N) is 1. The molecule has 2 N–H and O–H groups in total. The van der Waals surface area contributed by atoms with Gasteiger partial charge in [-0.25, -0.2) is 9.48 Å². The van der Waals surface area contributed by atoms with Crippen LogP contribution in [0.3, 0.4) is 0 Å². The van der Waals surface area contributed by atoms with Crippen molar-refractivity contribution in [3.63, 3.8) is 0 Å². The number of rotatable bonds is 5. The van der Waals surface area contributed by atoms with Crippen LogP contribution in [0.25, 0.3) is 0 Å². The third-order valence-corrected chi connectivity index (χ3v) is 2.13. The molecule has 0 radical (unpaired) electrons. The molecule has 1 heterocycles. The van der Waals surface area contributed by atoms with Crippen molar-refractivity contribution in [1.82, 2.24) is 15.0 Å². The summed E-state index contributed by atoms with van der Waals surface area (Å²) in [5.74, 6) is -5.21. The number of ether oxygens (including phenoxy) is 1. The lowest BCUT2D eigenvalue weighted by Crippen LogP contribution is -2.35. The highest BCUT2D eigenvalue weighted by Crippen LogP contribution is 2.19. The van der Waals surface area contributed by atoms with Crippen molar-refractivity contribution >= 4 is 5.97 Å². The molecule has 0 spiro atoms. The minimum absolute atomic E-state index is 0.104. The molecule has 1 rings (SSSR count). The SMILES string of the molecule is CCOC(=O)C(F)(F)Cn1cc(C(C)(C)N)nn1. The number of carbonyl (C=O) groups is 1. The molecule has 8 heteroatoms. The van der Waals surface area contributed by atoms with Crippen molar-refractivity contribution in [1.29, 1.82) is 0 Å². The molecule has 0 unspecified atom stereocenters. The molecule has 0 aromatic carbocycles. The van der Waals surface area contributed by atoms with E-state index < -0.39 is 24.0 Å². The van der Waals surface area contributed by atoms with Gasteiger partial charge in [-0.05, 0) is 20.8 Å². The molecule has 0 saturated carbocycles. The van der Waals surface area contributed by atoms with E-state index in [2.05, 4.69) is 15.0 Å². The predicted octanol–water partition coefficient (Wildman–Crippen LogP) is 0.670. The Balaban J connectivity index is 2.79. The van der Waals surface area contributed by atoms with Gasteiger partial charge < -0.3 is 10.5 Å². The van der Waals surface area contributed by atoms with Crippen molar-refractivity contribution in [2.45, 2.75) is 38.8 Å².